The zero-order chi connectivity index (χ0) is 26.9. The van der Waals surface area contributed by atoms with E-state index < -0.39 is 12.7 Å². The van der Waals surface area contributed by atoms with E-state index in [2.05, 4.69) is 41.7 Å². The van der Waals surface area contributed by atoms with Crippen LogP contribution in [0.3, 0.4) is 0 Å². The van der Waals surface area contributed by atoms with Crippen molar-refractivity contribution in [3.05, 3.63) is 69.5 Å². The third-order valence-corrected chi connectivity index (χ3v) is 7.00. The number of unbranched alkanes of at least 4 members (excludes halogenated alkanes) is 1. The van der Waals surface area contributed by atoms with Crippen molar-refractivity contribution >= 4 is 33.2 Å². The molecule has 0 aliphatic rings. The molecule has 2 aromatic carbocycles. The number of hydrogen-bond acceptors (Lipinski definition) is 6. The monoisotopic (exact) mass is 586 g/mol. The summed E-state index contributed by atoms with van der Waals surface area (Å²) in [6.45, 7) is 0.682. The second-order valence-electron chi connectivity index (χ2n) is 8.84. The molecule has 0 aliphatic carbocycles. The Kier molecular flexibility index (Phi) is 7.15. The van der Waals surface area contributed by atoms with Crippen molar-refractivity contribution in [2.75, 3.05) is 0 Å². The van der Waals surface area contributed by atoms with Gasteiger partial charge >= 0.3 is 6.18 Å². The van der Waals surface area contributed by atoms with Crippen LogP contribution in [0.5, 0.6) is 0 Å². The molecule has 0 saturated heterocycles. The minimum absolute atomic E-state index is 0.0467. The molecule has 0 radical (unpaired) electrons. The van der Waals surface area contributed by atoms with Gasteiger partial charge in [-0.05, 0) is 51.7 Å². The molecule has 0 spiro atoms. The lowest BCUT2D eigenvalue weighted by molar-refractivity contribution is -0.142. The number of aldehydes is 1. The number of H-pyrrole nitrogens is 1. The first kappa shape index (κ1) is 25.8. The van der Waals surface area contributed by atoms with E-state index in [1.54, 1.807) is 0 Å². The van der Waals surface area contributed by atoms with Crippen molar-refractivity contribution in [3.63, 3.8) is 0 Å². The number of tetrazole rings is 1. The fourth-order valence-corrected chi connectivity index (χ4v) is 5.08. The molecule has 0 bridgehead atoms. The van der Waals surface area contributed by atoms with Crippen LogP contribution in [0, 0.1) is 0 Å². The van der Waals surface area contributed by atoms with E-state index in [0.717, 1.165) is 39.6 Å². The van der Waals surface area contributed by atoms with E-state index in [1.165, 1.54) is 0 Å². The second-order valence-corrected chi connectivity index (χ2v) is 9.63. The van der Waals surface area contributed by atoms with Crippen LogP contribution < -0.4 is 0 Å². The number of hydrogen-bond donors (Lipinski definition) is 1. The molecule has 12 heteroatoms. The van der Waals surface area contributed by atoms with Crippen molar-refractivity contribution in [2.24, 2.45) is 0 Å². The maximum atomic E-state index is 13.2. The summed E-state index contributed by atoms with van der Waals surface area (Å²) in [6.07, 6.45) is -1.67. The van der Waals surface area contributed by atoms with Gasteiger partial charge in [-0.3, -0.25) is 9.48 Å². The van der Waals surface area contributed by atoms with Crippen LogP contribution in [-0.4, -0.2) is 42.9 Å². The minimum Gasteiger partial charge on any atom is -0.455 e. The van der Waals surface area contributed by atoms with E-state index in [1.807, 2.05) is 49.4 Å². The van der Waals surface area contributed by atoms with Crippen LogP contribution in [0.1, 0.15) is 47.1 Å². The van der Waals surface area contributed by atoms with Crippen molar-refractivity contribution in [2.45, 2.75) is 45.3 Å². The minimum atomic E-state index is -4.49. The summed E-state index contributed by atoms with van der Waals surface area (Å²) in [6, 6.07) is 13.0. The Bertz CT molecular complexity index is 1590. The molecule has 0 saturated carbocycles. The van der Waals surface area contributed by atoms with Gasteiger partial charge in [0.1, 0.15) is 23.6 Å². The summed E-state index contributed by atoms with van der Waals surface area (Å²) in [5, 5.41) is 19.2. The highest BCUT2D eigenvalue weighted by Crippen LogP contribution is 2.41. The lowest BCUT2D eigenvalue weighted by Gasteiger charge is -2.08. The van der Waals surface area contributed by atoms with Gasteiger partial charge in [-0.15, -0.1) is 10.2 Å². The van der Waals surface area contributed by atoms with E-state index in [-0.39, 0.29) is 12.1 Å². The Morgan fingerprint density at radius 3 is 2.63 bits per heavy atom. The standard InChI is InChI=1S/C26H22BrF3N6O2/c1-2-3-8-20-18(21(13-37)36(33-20)14-26(28,29)30)11-15-9-10-22-19(12-15)23(27)24(38-22)16-6-4-5-7-17(16)25-31-34-35-32-25/h4-7,9-10,12-13H,2-3,8,11,14H2,1H3,(H,31,32,34,35). The molecule has 1 N–H and O–H groups in total. The van der Waals surface area contributed by atoms with Gasteiger partial charge in [-0.25, -0.2) is 0 Å². The Labute approximate surface area is 223 Å². The smallest absolute Gasteiger partial charge is 0.408 e. The molecule has 0 fully saturated rings. The number of benzene rings is 2. The summed E-state index contributed by atoms with van der Waals surface area (Å²) < 4.78 is 47.1. The summed E-state index contributed by atoms with van der Waals surface area (Å²) in [4.78, 5) is 11.9. The molecule has 38 heavy (non-hydrogen) atoms. The highest BCUT2D eigenvalue weighted by atomic mass is 79.9. The van der Waals surface area contributed by atoms with Gasteiger partial charge in [-0.2, -0.15) is 23.5 Å². The number of aromatic amines is 1. The summed E-state index contributed by atoms with van der Waals surface area (Å²) in [7, 11) is 0. The molecule has 0 unspecified atom stereocenters. The van der Waals surface area contributed by atoms with Crippen molar-refractivity contribution in [1.82, 2.24) is 30.4 Å². The van der Waals surface area contributed by atoms with Crippen LogP contribution in [0.15, 0.2) is 51.4 Å². The van der Waals surface area contributed by atoms with E-state index in [4.69, 9.17) is 4.42 Å². The Morgan fingerprint density at radius 1 is 1.16 bits per heavy atom. The van der Waals surface area contributed by atoms with Crippen LogP contribution in [0.25, 0.3) is 33.7 Å². The second kappa shape index (κ2) is 10.5. The molecular weight excluding hydrogens is 565 g/mol. The molecule has 0 amide bonds. The van der Waals surface area contributed by atoms with Crippen LogP contribution in [0.4, 0.5) is 13.2 Å². The van der Waals surface area contributed by atoms with E-state index >= 15 is 0 Å². The number of alkyl halides is 3. The predicted octanol–water partition coefficient (Wildman–Crippen LogP) is 6.55. The average Bonchev–Trinajstić information content (AvgIpc) is 3.61. The number of rotatable bonds is 9. The van der Waals surface area contributed by atoms with Gasteiger partial charge in [0.2, 0.25) is 5.82 Å². The van der Waals surface area contributed by atoms with Crippen molar-refractivity contribution in [3.8, 4) is 22.7 Å². The zero-order valence-corrected chi connectivity index (χ0v) is 21.8. The number of furan rings is 1. The highest BCUT2D eigenvalue weighted by molar-refractivity contribution is 9.10. The van der Waals surface area contributed by atoms with Gasteiger partial charge in [0.25, 0.3) is 0 Å². The van der Waals surface area contributed by atoms with Gasteiger partial charge in [0.15, 0.2) is 6.29 Å². The lowest BCUT2D eigenvalue weighted by atomic mass is 9.99. The number of nitrogens with zero attached hydrogens (tertiary/aromatic N) is 5. The van der Waals surface area contributed by atoms with Gasteiger partial charge in [0.05, 0.1) is 10.2 Å². The molecule has 0 atom stereocenters. The van der Waals surface area contributed by atoms with Gasteiger partial charge < -0.3 is 4.42 Å². The predicted molar refractivity (Wildman–Crippen MR) is 138 cm³/mol. The topological polar surface area (TPSA) is 102 Å². The molecule has 196 valence electrons. The van der Waals surface area contributed by atoms with Crippen LogP contribution in [0.2, 0.25) is 0 Å². The number of carbonyl (C=O) groups is 1. The van der Waals surface area contributed by atoms with Crippen molar-refractivity contribution in [1.29, 1.82) is 0 Å². The first-order valence-corrected chi connectivity index (χ1v) is 12.7. The Morgan fingerprint density at radius 2 is 1.95 bits per heavy atom. The van der Waals surface area contributed by atoms with Gasteiger partial charge in [-0.1, -0.05) is 43.7 Å². The average molecular weight is 587 g/mol. The first-order valence-electron chi connectivity index (χ1n) is 11.9. The molecular formula is C26H22BrF3N6O2. The number of halogens is 4. The maximum absolute atomic E-state index is 13.2. The molecule has 3 aromatic heterocycles. The molecule has 0 aliphatic heterocycles. The number of aryl methyl sites for hydroxylation is 1. The number of fused-ring (bicyclic) bond motifs is 1. The quantitative estimate of drug-likeness (QED) is 0.196. The highest BCUT2D eigenvalue weighted by Gasteiger charge is 2.31. The normalized spacial score (nSPS) is 11.9. The number of aromatic nitrogens is 6. The maximum Gasteiger partial charge on any atom is 0.408 e. The zero-order valence-electron chi connectivity index (χ0n) is 20.2. The molecule has 5 aromatic rings. The first-order chi connectivity index (χ1) is 18.3. The van der Waals surface area contributed by atoms with E-state index in [9.17, 15) is 18.0 Å². The molecule has 8 nitrogen and oxygen atoms in total. The largest absolute Gasteiger partial charge is 0.455 e. The summed E-state index contributed by atoms with van der Waals surface area (Å²) >= 11 is 3.66. The number of carbonyl (C=O) groups excluding carboxylic acids is 1. The van der Waals surface area contributed by atoms with Crippen LogP contribution in [-0.2, 0) is 19.4 Å². The van der Waals surface area contributed by atoms with E-state index in [0.29, 0.717) is 45.6 Å². The summed E-state index contributed by atoms with van der Waals surface area (Å²) in [5.41, 5.74) is 3.90. The molecule has 3 heterocycles. The third kappa shape index (κ3) is 5.13. The van der Waals surface area contributed by atoms with Crippen LogP contribution >= 0.6 is 15.9 Å². The SMILES string of the molecule is CCCCc1nn(CC(F)(F)F)c(C=O)c1Cc1ccc2oc(-c3ccccc3-c3nn[nH]n3)c(Br)c2c1. The van der Waals surface area contributed by atoms with Crippen molar-refractivity contribution < 1.29 is 22.4 Å². The lowest BCUT2D eigenvalue weighted by Crippen LogP contribution is -2.20. The Hall–Kier alpha value is -3.80. The van der Waals surface area contributed by atoms with Gasteiger partial charge in [0, 0.05) is 28.5 Å². The Balaban J connectivity index is 1.55. The third-order valence-electron chi connectivity index (χ3n) is 6.22. The summed E-state index contributed by atoms with van der Waals surface area (Å²) in [5.74, 6) is 0.998. The fraction of sp³-hybridized carbons (Fsp3) is 0.269. The molecule has 5 rings (SSSR count). The number of nitrogens with one attached hydrogen (secondary N) is 1. The fourth-order valence-electron chi connectivity index (χ4n) is 4.48.